The Labute approximate surface area is 205 Å². The van der Waals surface area contributed by atoms with Gasteiger partial charge in [0, 0.05) is 31.2 Å². The maximum atomic E-state index is 12.9. The van der Waals surface area contributed by atoms with Crippen LogP contribution in [0.5, 0.6) is 0 Å². The number of carbonyl (C=O) groups is 6. The van der Waals surface area contributed by atoms with Gasteiger partial charge in [-0.15, -0.1) is 0 Å². The SMILES string of the molecule is CC(O)C(NC(=O)C(N)CCC(=O)O)C(=O)NC(Cc1cnc[nH]1)C(=O)NC(CCC(N)=O)C(=O)O. The van der Waals surface area contributed by atoms with Crippen molar-refractivity contribution in [3.05, 3.63) is 18.2 Å². The smallest absolute Gasteiger partial charge is 0.326 e. The zero-order valence-corrected chi connectivity index (χ0v) is 19.5. The molecule has 200 valence electrons. The van der Waals surface area contributed by atoms with Crippen LogP contribution in [0, 0.1) is 0 Å². The molecule has 0 saturated heterocycles. The Balaban J connectivity index is 3.01. The van der Waals surface area contributed by atoms with Gasteiger partial charge < -0.3 is 47.7 Å². The number of imidazole rings is 1. The van der Waals surface area contributed by atoms with Crippen LogP contribution in [0.4, 0.5) is 0 Å². The Hall–Kier alpha value is -4.05. The third kappa shape index (κ3) is 10.5. The molecule has 0 aliphatic heterocycles. The third-order valence-electron chi connectivity index (χ3n) is 4.97. The van der Waals surface area contributed by atoms with Crippen LogP contribution in [0.15, 0.2) is 12.5 Å². The van der Waals surface area contributed by atoms with Gasteiger partial charge >= 0.3 is 11.9 Å². The summed E-state index contributed by atoms with van der Waals surface area (Å²) in [5, 5.41) is 34.9. The molecule has 0 aromatic carbocycles. The fourth-order valence-corrected chi connectivity index (χ4v) is 2.98. The number of aromatic nitrogens is 2. The fourth-order valence-electron chi connectivity index (χ4n) is 2.98. The number of aromatic amines is 1. The average molecular weight is 514 g/mol. The molecular formula is C20H31N7O9. The number of rotatable bonds is 16. The molecule has 0 bridgehead atoms. The summed E-state index contributed by atoms with van der Waals surface area (Å²) in [7, 11) is 0. The van der Waals surface area contributed by atoms with E-state index in [0.717, 1.165) is 0 Å². The van der Waals surface area contributed by atoms with Crippen molar-refractivity contribution in [2.45, 2.75) is 69.3 Å². The van der Waals surface area contributed by atoms with E-state index in [2.05, 4.69) is 25.9 Å². The van der Waals surface area contributed by atoms with Crippen molar-refractivity contribution < 1.29 is 44.1 Å². The largest absolute Gasteiger partial charge is 0.481 e. The topological polar surface area (TPSA) is 280 Å². The Morgan fingerprint density at radius 1 is 0.972 bits per heavy atom. The number of aliphatic hydroxyl groups excluding tert-OH is 1. The summed E-state index contributed by atoms with van der Waals surface area (Å²) in [5.41, 5.74) is 11.1. The number of carboxylic acid groups (broad SMARTS) is 2. The predicted molar refractivity (Wildman–Crippen MR) is 121 cm³/mol. The number of H-pyrrole nitrogens is 1. The van der Waals surface area contributed by atoms with Gasteiger partial charge in [-0.05, 0) is 19.8 Å². The van der Waals surface area contributed by atoms with Crippen LogP contribution in [0.2, 0.25) is 0 Å². The number of aliphatic carboxylic acids is 2. The van der Waals surface area contributed by atoms with E-state index in [4.69, 9.17) is 16.6 Å². The summed E-state index contributed by atoms with van der Waals surface area (Å²) in [4.78, 5) is 77.7. The minimum absolute atomic E-state index is 0.168. The number of nitrogens with one attached hydrogen (secondary N) is 4. The van der Waals surface area contributed by atoms with E-state index in [0.29, 0.717) is 5.69 Å². The standard InChI is InChI=1S/C20H31N7O9/c1-9(28)16(27-17(32)11(21)2-5-15(30)31)19(34)26-13(6-10-7-23-8-24-10)18(33)25-12(20(35)36)3-4-14(22)29/h7-9,11-13,16,28H,2-6,21H2,1H3,(H2,22,29)(H,23,24)(H,25,33)(H,26,34)(H,27,32)(H,30,31)(H,35,36). The lowest BCUT2D eigenvalue weighted by Gasteiger charge is -2.26. The van der Waals surface area contributed by atoms with Gasteiger partial charge in [0.05, 0.1) is 18.5 Å². The van der Waals surface area contributed by atoms with Crippen LogP contribution < -0.4 is 27.4 Å². The van der Waals surface area contributed by atoms with Crippen LogP contribution in [-0.4, -0.2) is 91.1 Å². The first-order valence-corrected chi connectivity index (χ1v) is 10.9. The summed E-state index contributed by atoms with van der Waals surface area (Å²) in [6.07, 6.45) is -0.152. The number of aliphatic hydroxyl groups is 1. The zero-order valence-electron chi connectivity index (χ0n) is 19.5. The highest BCUT2D eigenvalue weighted by atomic mass is 16.4. The number of hydrogen-bond donors (Lipinski definition) is 9. The minimum atomic E-state index is -1.57. The molecule has 16 nitrogen and oxygen atoms in total. The highest BCUT2D eigenvalue weighted by molar-refractivity contribution is 5.94. The minimum Gasteiger partial charge on any atom is -0.481 e. The lowest BCUT2D eigenvalue weighted by molar-refractivity contribution is -0.143. The van der Waals surface area contributed by atoms with Crippen LogP contribution in [0.25, 0.3) is 0 Å². The van der Waals surface area contributed by atoms with Gasteiger partial charge in [0.25, 0.3) is 0 Å². The van der Waals surface area contributed by atoms with Gasteiger partial charge in [-0.3, -0.25) is 24.0 Å². The number of nitrogens with two attached hydrogens (primary N) is 2. The van der Waals surface area contributed by atoms with Gasteiger partial charge in [-0.2, -0.15) is 0 Å². The van der Waals surface area contributed by atoms with Gasteiger partial charge in [-0.1, -0.05) is 0 Å². The molecule has 4 amide bonds. The Morgan fingerprint density at radius 2 is 1.61 bits per heavy atom. The highest BCUT2D eigenvalue weighted by Crippen LogP contribution is 2.05. The molecule has 36 heavy (non-hydrogen) atoms. The van der Waals surface area contributed by atoms with E-state index < -0.39 is 72.3 Å². The van der Waals surface area contributed by atoms with Gasteiger partial charge in [0.2, 0.25) is 23.6 Å². The molecule has 11 N–H and O–H groups in total. The molecule has 0 fully saturated rings. The van der Waals surface area contributed by atoms with Gasteiger partial charge in [0.15, 0.2) is 0 Å². The van der Waals surface area contributed by atoms with Crippen molar-refractivity contribution in [1.82, 2.24) is 25.9 Å². The summed E-state index contributed by atoms with van der Waals surface area (Å²) >= 11 is 0. The summed E-state index contributed by atoms with van der Waals surface area (Å²) in [6.45, 7) is 1.20. The Kier molecular flexibility index (Phi) is 12.0. The highest BCUT2D eigenvalue weighted by Gasteiger charge is 2.33. The van der Waals surface area contributed by atoms with E-state index in [1.54, 1.807) is 0 Å². The van der Waals surface area contributed by atoms with E-state index >= 15 is 0 Å². The zero-order chi connectivity index (χ0) is 27.4. The third-order valence-corrected chi connectivity index (χ3v) is 4.97. The lowest BCUT2D eigenvalue weighted by atomic mass is 10.1. The molecule has 16 heteroatoms. The quantitative estimate of drug-likeness (QED) is 0.104. The molecular weight excluding hydrogens is 482 g/mol. The lowest BCUT2D eigenvalue weighted by Crippen LogP contribution is -2.60. The maximum absolute atomic E-state index is 12.9. The first kappa shape index (κ1) is 30.0. The average Bonchev–Trinajstić information content (AvgIpc) is 3.30. The van der Waals surface area contributed by atoms with E-state index in [1.165, 1.54) is 19.4 Å². The fraction of sp³-hybridized carbons (Fsp3) is 0.550. The monoisotopic (exact) mass is 513 g/mol. The van der Waals surface area contributed by atoms with Gasteiger partial charge in [0.1, 0.15) is 18.1 Å². The second-order valence-corrected chi connectivity index (χ2v) is 8.01. The predicted octanol–water partition coefficient (Wildman–Crippen LogP) is -3.67. The molecule has 1 aromatic heterocycles. The van der Waals surface area contributed by atoms with Crippen LogP contribution in [-0.2, 0) is 35.2 Å². The Bertz CT molecular complexity index is 936. The van der Waals surface area contributed by atoms with Gasteiger partial charge in [-0.25, -0.2) is 9.78 Å². The normalized spacial score (nSPS) is 15.0. The number of carboxylic acids is 2. The first-order valence-electron chi connectivity index (χ1n) is 10.9. The van der Waals surface area contributed by atoms with Crippen LogP contribution in [0.3, 0.4) is 0 Å². The van der Waals surface area contributed by atoms with E-state index in [1.807, 2.05) is 0 Å². The molecule has 5 unspecified atom stereocenters. The van der Waals surface area contributed by atoms with E-state index in [-0.39, 0.29) is 25.7 Å². The summed E-state index contributed by atoms with van der Waals surface area (Å²) in [5.74, 6) is -6.19. The molecule has 0 aliphatic carbocycles. The number of amides is 4. The van der Waals surface area contributed by atoms with Crippen molar-refractivity contribution in [3.63, 3.8) is 0 Å². The van der Waals surface area contributed by atoms with Crippen LogP contribution in [0.1, 0.15) is 38.3 Å². The van der Waals surface area contributed by atoms with Crippen molar-refractivity contribution in [1.29, 1.82) is 0 Å². The van der Waals surface area contributed by atoms with Crippen molar-refractivity contribution in [3.8, 4) is 0 Å². The number of carbonyl (C=O) groups excluding carboxylic acids is 4. The molecule has 0 aliphatic rings. The molecule has 0 spiro atoms. The maximum Gasteiger partial charge on any atom is 0.326 e. The molecule has 0 saturated carbocycles. The second-order valence-electron chi connectivity index (χ2n) is 8.01. The summed E-state index contributed by atoms with van der Waals surface area (Å²) < 4.78 is 0. The summed E-state index contributed by atoms with van der Waals surface area (Å²) in [6, 6.07) is -5.71. The Morgan fingerprint density at radius 3 is 2.11 bits per heavy atom. The molecule has 1 rings (SSSR count). The van der Waals surface area contributed by atoms with Crippen LogP contribution >= 0.6 is 0 Å². The van der Waals surface area contributed by atoms with Crippen molar-refractivity contribution >= 4 is 35.6 Å². The number of nitrogens with zero attached hydrogens (tertiary/aromatic N) is 1. The van der Waals surface area contributed by atoms with Crippen molar-refractivity contribution in [2.75, 3.05) is 0 Å². The number of primary amides is 1. The van der Waals surface area contributed by atoms with E-state index in [9.17, 15) is 39.0 Å². The second kappa shape index (κ2) is 14.4. The first-order chi connectivity index (χ1) is 16.8. The molecule has 5 atom stereocenters. The molecule has 0 radical (unpaired) electrons. The molecule has 1 aromatic rings. The number of hydrogen-bond acceptors (Lipinski definition) is 9. The molecule has 1 heterocycles. The van der Waals surface area contributed by atoms with Crippen molar-refractivity contribution in [2.24, 2.45) is 11.5 Å².